The first kappa shape index (κ1) is 23.8. The molecule has 36 heavy (non-hydrogen) atoms. The number of hydrogen-bond acceptors (Lipinski definition) is 5. The van der Waals surface area contributed by atoms with Crippen LogP contribution in [-0.2, 0) is 20.0 Å². The molecular formula is C27H22N2O5S2. The summed E-state index contributed by atoms with van der Waals surface area (Å²) in [7, 11) is -7.65. The summed E-state index contributed by atoms with van der Waals surface area (Å²) in [6.45, 7) is 3.74. The molecule has 0 amide bonds. The molecule has 4 aromatic rings. The van der Waals surface area contributed by atoms with Crippen molar-refractivity contribution in [3.05, 3.63) is 107 Å². The van der Waals surface area contributed by atoms with Gasteiger partial charge in [-0.25, -0.2) is 16.8 Å². The van der Waals surface area contributed by atoms with Crippen molar-refractivity contribution < 1.29 is 21.6 Å². The molecule has 0 radical (unpaired) electrons. The maximum Gasteiger partial charge on any atom is 0.261 e. The van der Waals surface area contributed by atoms with E-state index in [0.29, 0.717) is 22.3 Å². The first-order valence-electron chi connectivity index (χ1n) is 11.1. The molecule has 0 heterocycles. The molecule has 2 N–H and O–H groups in total. The Morgan fingerprint density at radius 3 is 1.22 bits per heavy atom. The highest BCUT2D eigenvalue weighted by Crippen LogP contribution is 2.39. The van der Waals surface area contributed by atoms with Crippen LogP contribution in [0, 0.1) is 13.8 Å². The zero-order valence-electron chi connectivity index (χ0n) is 19.4. The number of carbonyl (C=O) groups excluding carboxylic acids is 1. The molecule has 5 rings (SSSR count). The number of ketones is 1. The minimum atomic E-state index is -3.83. The van der Waals surface area contributed by atoms with Gasteiger partial charge >= 0.3 is 0 Å². The van der Waals surface area contributed by atoms with Gasteiger partial charge in [0.15, 0.2) is 5.78 Å². The molecule has 9 heteroatoms. The molecule has 0 saturated carbocycles. The Bertz CT molecular complexity index is 1600. The molecule has 0 aromatic heterocycles. The van der Waals surface area contributed by atoms with Crippen LogP contribution in [0.3, 0.4) is 0 Å². The van der Waals surface area contributed by atoms with Crippen LogP contribution in [0.5, 0.6) is 0 Å². The van der Waals surface area contributed by atoms with Crippen molar-refractivity contribution in [2.45, 2.75) is 23.6 Å². The number of anilines is 2. The predicted octanol–water partition coefficient (Wildman–Crippen LogP) is 5.12. The average molecular weight is 519 g/mol. The van der Waals surface area contributed by atoms with Crippen molar-refractivity contribution in [2.24, 2.45) is 0 Å². The largest absolute Gasteiger partial charge is 0.289 e. The van der Waals surface area contributed by atoms with Gasteiger partial charge in [0.2, 0.25) is 0 Å². The third-order valence-electron chi connectivity index (χ3n) is 5.99. The van der Waals surface area contributed by atoms with Gasteiger partial charge in [0.1, 0.15) is 0 Å². The Balaban J connectivity index is 1.41. The number of sulfonamides is 2. The van der Waals surface area contributed by atoms with Crippen LogP contribution in [-0.4, -0.2) is 22.6 Å². The van der Waals surface area contributed by atoms with Gasteiger partial charge in [-0.05, 0) is 73.5 Å². The number of rotatable bonds is 6. The van der Waals surface area contributed by atoms with Crippen molar-refractivity contribution in [2.75, 3.05) is 9.44 Å². The lowest BCUT2D eigenvalue weighted by atomic mass is 10.1. The normalized spacial score (nSPS) is 12.7. The second-order valence-corrected chi connectivity index (χ2v) is 12.1. The molecule has 1 aliphatic rings. The molecule has 4 aromatic carbocycles. The molecule has 1 aliphatic carbocycles. The maximum atomic E-state index is 13.2. The molecule has 0 atom stereocenters. The van der Waals surface area contributed by atoms with E-state index in [4.69, 9.17) is 0 Å². The summed E-state index contributed by atoms with van der Waals surface area (Å²) < 4.78 is 56.1. The number of nitrogens with one attached hydrogen (secondary N) is 2. The second kappa shape index (κ2) is 8.61. The van der Waals surface area contributed by atoms with E-state index >= 15 is 0 Å². The molecule has 0 bridgehead atoms. The first-order chi connectivity index (χ1) is 17.0. The van der Waals surface area contributed by atoms with E-state index in [0.717, 1.165) is 11.1 Å². The molecule has 182 valence electrons. The fraction of sp³-hybridized carbons (Fsp3) is 0.0741. The van der Waals surface area contributed by atoms with E-state index in [2.05, 4.69) is 9.44 Å². The first-order valence-corrected chi connectivity index (χ1v) is 14.0. The van der Waals surface area contributed by atoms with Gasteiger partial charge in [-0.3, -0.25) is 14.2 Å². The molecule has 0 aliphatic heterocycles. The van der Waals surface area contributed by atoms with Crippen molar-refractivity contribution in [3.63, 3.8) is 0 Å². The van der Waals surface area contributed by atoms with Crippen LogP contribution in [0.25, 0.3) is 11.1 Å². The number of carbonyl (C=O) groups is 1. The fourth-order valence-electron chi connectivity index (χ4n) is 4.07. The lowest BCUT2D eigenvalue weighted by Crippen LogP contribution is -2.13. The monoisotopic (exact) mass is 518 g/mol. The molecule has 0 saturated heterocycles. The fourth-order valence-corrected chi connectivity index (χ4v) is 6.17. The van der Waals surface area contributed by atoms with Crippen molar-refractivity contribution in [3.8, 4) is 11.1 Å². The summed E-state index contributed by atoms with van der Waals surface area (Å²) in [5, 5.41) is 0. The quantitative estimate of drug-likeness (QED) is 0.324. The molecule has 0 unspecified atom stereocenters. The zero-order chi connectivity index (χ0) is 25.7. The Morgan fingerprint density at radius 2 is 0.861 bits per heavy atom. The smallest absolute Gasteiger partial charge is 0.261 e. The Hall–Kier alpha value is -3.95. The average Bonchev–Trinajstić information content (AvgIpc) is 3.10. The summed E-state index contributed by atoms with van der Waals surface area (Å²) in [4.78, 5) is 13.4. The summed E-state index contributed by atoms with van der Waals surface area (Å²) >= 11 is 0. The number of fused-ring (bicyclic) bond motifs is 3. The van der Waals surface area contributed by atoms with Gasteiger partial charge in [0, 0.05) is 22.5 Å². The van der Waals surface area contributed by atoms with Crippen LogP contribution >= 0.6 is 0 Å². The van der Waals surface area contributed by atoms with E-state index in [1.807, 2.05) is 13.8 Å². The molecule has 7 nitrogen and oxygen atoms in total. The van der Waals surface area contributed by atoms with Crippen molar-refractivity contribution >= 4 is 37.2 Å². The summed E-state index contributed by atoms with van der Waals surface area (Å²) in [6, 6.07) is 22.5. The lowest BCUT2D eigenvalue weighted by Gasteiger charge is -2.10. The third kappa shape index (κ3) is 4.38. The van der Waals surface area contributed by atoms with Gasteiger partial charge in [-0.2, -0.15) is 0 Å². The standard InChI is InChI=1S/C27H22N2O5S2/c1-17-3-9-21(10-4-17)35(31,32)28-19-7-13-23-24-14-8-20(16-26(24)27(30)25(23)15-19)29-36(33,34)22-11-5-18(2)6-12-22/h3-16,28-29H,1-2H3. The van der Waals surface area contributed by atoms with Crippen LogP contribution in [0.2, 0.25) is 0 Å². The highest BCUT2D eigenvalue weighted by Gasteiger charge is 2.28. The van der Waals surface area contributed by atoms with E-state index < -0.39 is 20.0 Å². The predicted molar refractivity (Wildman–Crippen MR) is 139 cm³/mol. The number of aryl methyl sites for hydroxylation is 2. The number of benzene rings is 4. The SMILES string of the molecule is Cc1ccc(S(=O)(=O)Nc2ccc3c(c2)C(=O)c2cc(NS(=O)(=O)c4ccc(C)cc4)ccc2-3)cc1. The Morgan fingerprint density at radius 1 is 0.500 bits per heavy atom. The Labute approximate surface area is 209 Å². The van der Waals surface area contributed by atoms with Crippen LogP contribution in [0.15, 0.2) is 94.7 Å². The van der Waals surface area contributed by atoms with Gasteiger partial charge < -0.3 is 0 Å². The van der Waals surface area contributed by atoms with Crippen LogP contribution in [0.4, 0.5) is 11.4 Å². The molecular weight excluding hydrogens is 496 g/mol. The highest BCUT2D eigenvalue weighted by atomic mass is 32.2. The summed E-state index contributed by atoms with van der Waals surface area (Å²) in [5.74, 6) is -0.312. The minimum absolute atomic E-state index is 0.119. The maximum absolute atomic E-state index is 13.2. The lowest BCUT2D eigenvalue weighted by molar-refractivity contribution is 0.104. The Kier molecular flexibility index (Phi) is 5.69. The molecule has 0 fully saturated rings. The molecule has 0 spiro atoms. The van der Waals surface area contributed by atoms with Crippen LogP contribution in [0.1, 0.15) is 27.0 Å². The van der Waals surface area contributed by atoms with E-state index in [1.165, 1.54) is 36.4 Å². The van der Waals surface area contributed by atoms with Crippen molar-refractivity contribution in [1.82, 2.24) is 0 Å². The third-order valence-corrected chi connectivity index (χ3v) is 8.78. The van der Waals surface area contributed by atoms with E-state index in [-0.39, 0.29) is 26.9 Å². The van der Waals surface area contributed by atoms with E-state index in [1.54, 1.807) is 48.5 Å². The van der Waals surface area contributed by atoms with Gasteiger partial charge in [0.05, 0.1) is 9.79 Å². The highest BCUT2D eigenvalue weighted by molar-refractivity contribution is 7.93. The summed E-state index contributed by atoms with van der Waals surface area (Å²) in [6.07, 6.45) is 0. The van der Waals surface area contributed by atoms with Crippen molar-refractivity contribution in [1.29, 1.82) is 0 Å². The summed E-state index contributed by atoms with van der Waals surface area (Å²) in [5.41, 5.74) is 4.39. The van der Waals surface area contributed by atoms with Crippen LogP contribution < -0.4 is 9.44 Å². The van der Waals surface area contributed by atoms with Gasteiger partial charge in [-0.1, -0.05) is 47.5 Å². The van der Waals surface area contributed by atoms with Gasteiger partial charge in [-0.15, -0.1) is 0 Å². The topological polar surface area (TPSA) is 109 Å². The van der Waals surface area contributed by atoms with E-state index in [9.17, 15) is 21.6 Å². The minimum Gasteiger partial charge on any atom is -0.289 e. The number of hydrogen-bond donors (Lipinski definition) is 2. The zero-order valence-corrected chi connectivity index (χ0v) is 21.1. The second-order valence-electron chi connectivity index (χ2n) is 8.69. The van der Waals surface area contributed by atoms with Gasteiger partial charge in [0.25, 0.3) is 20.0 Å².